The number of hydrogen-bond donors (Lipinski definition) is 0. The number of carbonyl (C=O) groups is 1. The number of hydrogen-bond acceptors (Lipinski definition) is 5. The summed E-state index contributed by atoms with van der Waals surface area (Å²) in [4.78, 5) is 20.4. The third-order valence-electron chi connectivity index (χ3n) is 4.93. The van der Waals surface area contributed by atoms with Crippen molar-refractivity contribution < 1.29 is 13.9 Å². The van der Waals surface area contributed by atoms with Gasteiger partial charge in [0.05, 0.1) is 24.4 Å². The Labute approximate surface area is 145 Å². The number of ether oxygens (including phenoxy) is 1. The molecular formula is C18H22N2O3S. The van der Waals surface area contributed by atoms with Crippen LogP contribution in [-0.2, 0) is 4.74 Å². The van der Waals surface area contributed by atoms with Gasteiger partial charge in [0.1, 0.15) is 10.6 Å². The molecule has 24 heavy (non-hydrogen) atoms. The average molecular weight is 346 g/mol. The van der Waals surface area contributed by atoms with Gasteiger partial charge in [0.15, 0.2) is 10.8 Å². The number of aromatic nitrogens is 1. The maximum Gasteiger partial charge on any atom is 0.266 e. The SMILES string of the molecule is Cc1ccc(-c2nc(C)c(C(=O)N3CCOC4CCCCC43)s2)o1. The minimum absolute atomic E-state index is 0.0970. The van der Waals surface area contributed by atoms with E-state index in [1.165, 1.54) is 24.2 Å². The van der Waals surface area contributed by atoms with Gasteiger partial charge < -0.3 is 14.1 Å². The molecule has 5 nitrogen and oxygen atoms in total. The fourth-order valence-corrected chi connectivity index (χ4v) is 4.71. The number of furan rings is 1. The van der Waals surface area contributed by atoms with Crippen LogP contribution in [0, 0.1) is 13.8 Å². The van der Waals surface area contributed by atoms with Crippen LogP contribution in [0.1, 0.15) is 46.8 Å². The second kappa shape index (κ2) is 6.33. The zero-order chi connectivity index (χ0) is 16.7. The van der Waals surface area contributed by atoms with Crippen LogP contribution in [0.25, 0.3) is 10.8 Å². The predicted octanol–water partition coefficient (Wildman–Crippen LogP) is 3.80. The number of aryl methyl sites for hydroxylation is 2. The molecule has 1 saturated heterocycles. The van der Waals surface area contributed by atoms with Gasteiger partial charge in [-0.05, 0) is 38.8 Å². The molecule has 2 atom stereocenters. The Morgan fingerprint density at radius 1 is 1.29 bits per heavy atom. The summed E-state index contributed by atoms with van der Waals surface area (Å²) < 4.78 is 11.5. The van der Waals surface area contributed by atoms with Gasteiger partial charge in [-0.15, -0.1) is 11.3 Å². The van der Waals surface area contributed by atoms with E-state index in [1.54, 1.807) is 0 Å². The van der Waals surface area contributed by atoms with E-state index >= 15 is 0 Å². The first-order chi connectivity index (χ1) is 11.6. The van der Waals surface area contributed by atoms with E-state index in [1.807, 2.05) is 30.9 Å². The first kappa shape index (κ1) is 15.8. The van der Waals surface area contributed by atoms with Gasteiger partial charge in [-0.1, -0.05) is 12.8 Å². The Balaban J connectivity index is 1.61. The number of rotatable bonds is 2. The van der Waals surface area contributed by atoms with E-state index in [0.29, 0.717) is 13.2 Å². The molecule has 2 aromatic rings. The van der Waals surface area contributed by atoms with Gasteiger partial charge in [0.25, 0.3) is 5.91 Å². The highest BCUT2D eigenvalue weighted by molar-refractivity contribution is 7.17. The fourth-order valence-electron chi connectivity index (χ4n) is 3.73. The minimum atomic E-state index is 0.0970. The van der Waals surface area contributed by atoms with Crippen molar-refractivity contribution in [2.24, 2.45) is 0 Å². The van der Waals surface area contributed by atoms with Gasteiger partial charge in [-0.3, -0.25) is 4.79 Å². The third kappa shape index (κ3) is 2.78. The van der Waals surface area contributed by atoms with Crippen LogP contribution in [0.15, 0.2) is 16.5 Å². The normalized spacial score (nSPS) is 24.0. The predicted molar refractivity (Wildman–Crippen MR) is 92.3 cm³/mol. The molecule has 2 aliphatic rings. The number of amides is 1. The summed E-state index contributed by atoms with van der Waals surface area (Å²) in [5, 5.41) is 0.775. The molecule has 0 N–H and O–H groups in total. The molecular weight excluding hydrogens is 324 g/mol. The first-order valence-electron chi connectivity index (χ1n) is 8.60. The van der Waals surface area contributed by atoms with Crippen molar-refractivity contribution >= 4 is 17.2 Å². The number of carbonyl (C=O) groups excluding carboxylic acids is 1. The van der Waals surface area contributed by atoms with Gasteiger partial charge in [-0.2, -0.15) is 0 Å². The standard InChI is InChI=1S/C18H22N2O3S/c1-11-7-8-15(23-11)17-19-12(2)16(24-17)18(21)20-9-10-22-14-6-4-3-5-13(14)20/h7-8,13-14H,3-6,9-10H2,1-2H3. The van der Waals surface area contributed by atoms with E-state index in [9.17, 15) is 4.79 Å². The quantitative estimate of drug-likeness (QED) is 0.830. The second-order valence-electron chi connectivity index (χ2n) is 6.60. The lowest BCUT2D eigenvalue weighted by atomic mass is 9.90. The molecule has 0 aromatic carbocycles. The monoisotopic (exact) mass is 346 g/mol. The second-order valence-corrected chi connectivity index (χ2v) is 7.60. The third-order valence-corrected chi connectivity index (χ3v) is 6.09. The van der Waals surface area contributed by atoms with E-state index in [2.05, 4.69) is 4.98 Å². The van der Waals surface area contributed by atoms with E-state index < -0.39 is 0 Å². The number of fused-ring (bicyclic) bond motifs is 1. The Bertz CT molecular complexity index is 749. The molecule has 1 aliphatic carbocycles. The summed E-state index contributed by atoms with van der Waals surface area (Å²) in [5.74, 6) is 1.68. The topological polar surface area (TPSA) is 55.6 Å². The maximum atomic E-state index is 13.1. The van der Waals surface area contributed by atoms with Crippen LogP contribution in [0.5, 0.6) is 0 Å². The Kier molecular flexibility index (Phi) is 4.18. The highest BCUT2D eigenvalue weighted by atomic mass is 32.1. The molecule has 2 fully saturated rings. The van der Waals surface area contributed by atoms with E-state index in [4.69, 9.17) is 9.15 Å². The van der Waals surface area contributed by atoms with Crippen molar-refractivity contribution in [1.29, 1.82) is 0 Å². The molecule has 2 aromatic heterocycles. The van der Waals surface area contributed by atoms with Crippen LogP contribution in [0.4, 0.5) is 0 Å². The fraction of sp³-hybridized carbons (Fsp3) is 0.556. The van der Waals surface area contributed by atoms with Crippen LogP contribution in [-0.4, -0.2) is 41.1 Å². The molecule has 3 heterocycles. The van der Waals surface area contributed by atoms with Gasteiger partial charge in [0.2, 0.25) is 0 Å². The lowest BCUT2D eigenvalue weighted by Gasteiger charge is -2.43. The largest absolute Gasteiger partial charge is 0.459 e. The molecule has 2 unspecified atom stereocenters. The minimum Gasteiger partial charge on any atom is -0.459 e. The van der Waals surface area contributed by atoms with Crippen molar-refractivity contribution in [2.45, 2.75) is 51.7 Å². The van der Waals surface area contributed by atoms with Crippen LogP contribution in [0.2, 0.25) is 0 Å². The number of nitrogens with zero attached hydrogens (tertiary/aromatic N) is 2. The van der Waals surface area contributed by atoms with E-state index in [0.717, 1.165) is 39.9 Å². The van der Waals surface area contributed by atoms with Crippen molar-refractivity contribution in [1.82, 2.24) is 9.88 Å². The summed E-state index contributed by atoms with van der Waals surface area (Å²) >= 11 is 1.43. The zero-order valence-corrected chi connectivity index (χ0v) is 14.9. The van der Waals surface area contributed by atoms with Crippen molar-refractivity contribution in [3.63, 3.8) is 0 Å². The summed E-state index contributed by atoms with van der Waals surface area (Å²) in [6, 6.07) is 4.05. The lowest BCUT2D eigenvalue weighted by molar-refractivity contribution is -0.0751. The first-order valence-corrected chi connectivity index (χ1v) is 9.42. The Hall–Kier alpha value is -1.66. The average Bonchev–Trinajstić information content (AvgIpc) is 3.19. The molecule has 0 spiro atoms. The highest BCUT2D eigenvalue weighted by Gasteiger charge is 2.38. The zero-order valence-electron chi connectivity index (χ0n) is 14.1. The molecule has 1 saturated carbocycles. The summed E-state index contributed by atoms with van der Waals surface area (Å²) in [6.07, 6.45) is 4.68. The van der Waals surface area contributed by atoms with Gasteiger partial charge in [0, 0.05) is 6.54 Å². The van der Waals surface area contributed by atoms with Crippen LogP contribution < -0.4 is 0 Å². The lowest BCUT2D eigenvalue weighted by Crippen LogP contribution is -2.54. The molecule has 128 valence electrons. The summed E-state index contributed by atoms with van der Waals surface area (Å²) in [7, 11) is 0. The van der Waals surface area contributed by atoms with Crippen molar-refractivity contribution in [3.05, 3.63) is 28.5 Å². The molecule has 1 amide bonds. The van der Waals surface area contributed by atoms with Crippen LogP contribution >= 0.6 is 11.3 Å². The highest BCUT2D eigenvalue weighted by Crippen LogP contribution is 2.33. The summed E-state index contributed by atoms with van der Waals surface area (Å²) in [5.41, 5.74) is 0.785. The molecule has 6 heteroatoms. The molecule has 0 radical (unpaired) electrons. The molecule has 0 bridgehead atoms. The number of thiazole rings is 1. The van der Waals surface area contributed by atoms with Gasteiger partial charge in [-0.25, -0.2) is 4.98 Å². The van der Waals surface area contributed by atoms with Gasteiger partial charge >= 0.3 is 0 Å². The Morgan fingerprint density at radius 3 is 2.92 bits per heavy atom. The van der Waals surface area contributed by atoms with Crippen molar-refractivity contribution in [3.8, 4) is 10.8 Å². The Morgan fingerprint density at radius 2 is 2.12 bits per heavy atom. The van der Waals surface area contributed by atoms with Crippen LogP contribution in [0.3, 0.4) is 0 Å². The molecule has 4 rings (SSSR count). The number of morpholine rings is 1. The smallest absolute Gasteiger partial charge is 0.266 e. The maximum absolute atomic E-state index is 13.1. The van der Waals surface area contributed by atoms with E-state index in [-0.39, 0.29) is 18.1 Å². The summed E-state index contributed by atoms with van der Waals surface area (Å²) in [6.45, 7) is 5.12. The molecule has 1 aliphatic heterocycles. The van der Waals surface area contributed by atoms with Crippen molar-refractivity contribution in [2.75, 3.05) is 13.2 Å².